The molecule has 0 amide bonds. The topological polar surface area (TPSA) is 72.0 Å². The molecule has 0 aromatic carbocycles. The fraction of sp³-hybridized carbons (Fsp3) is 0.750. The number of rotatable bonds is 6. The van der Waals surface area contributed by atoms with Gasteiger partial charge in [0.1, 0.15) is 0 Å². The molecule has 1 fully saturated rings. The van der Waals surface area contributed by atoms with Gasteiger partial charge in [-0.15, -0.1) is 5.10 Å². The van der Waals surface area contributed by atoms with Gasteiger partial charge in [-0.2, -0.15) is 10.1 Å². The normalized spacial score (nSPS) is 19.2. The van der Waals surface area contributed by atoms with Crippen LogP contribution in [-0.2, 0) is 4.74 Å². The molecule has 6 heteroatoms. The molecule has 2 N–H and O–H groups in total. The predicted molar refractivity (Wildman–Crippen MR) is 70.6 cm³/mol. The van der Waals surface area contributed by atoms with E-state index in [1.54, 1.807) is 6.20 Å². The standard InChI is InChI=1S/C12H21N5O/c1-9(2)6-13-11-8-15-17-12(16-11)14-7-10-4-3-5-18-10/h8-10H,3-7H2,1-2H3,(H2,13,14,16,17). The summed E-state index contributed by atoms with van der Waals surface area (Å²) in [5.74, 6) is 1.89. The predicted octanol–water partition coefficient (Wildman–Crippen LogP) is 1.53. The van der Waals surface area contributed by atoms with Gasteiger partial charge in [-0.1, -0.05) is 13.8 Å². The van der Waals surface area contributed by atoms with Gasteiger partial charge in [0, 0.05) is 19.7 Å². The Hall–Kier alpha value is -1.43. The summed E-state index contributed by atoms with van der Waals surface area (Å²) in [5, 5.41) is 14.3. The molecule has 6 nitrogen and oxygen atoms in total. The van der Waals surface area contributed by atoms with Crippen LogP contribution in [0.25, 0.3) is 0 Å². The minimum Gasteiger partial charge on any atom is -0.376 e. The smallest absolute Gasteiger partial charge is 0.244 e. The number of hydrogen-bond donors (Lipinski definition) is 2. The number of aromatic nitrogens is 3. The van der Waals surface area contributed by atoms with Crippen LogP contribution >= 0.6 is 0 Å². The Bertz CT molecular complexity index is 365. The number of anilines is 2. The van der Waals surface area contributed by atoms with Gasteiger partial charge < -0.3 is 15.4 Å². The van der Waals surface area contributed by atoms with Crippen molar-refractivity contribution >= 4 is 11.8 Å². The molecule has 1 aliphatic heterocycles. The summed E-state index contributed by atoms with van der Waals surface area (Å²) < 4.78 is 5.53. The highest BCUT2D eigenvalue weighted by molar-refractivity contribution is 5.36. The van der Waals surface area contributed by atoms with Crippen molar-refractivity contribution in [2.75, 3.05) is 30.3 Å². The maximum absolute atomic E-state index is 5.53. The number of hydrogen-bond acceptors (Lipinski definition) is 6. The van der Waals surface area contributed by atoms with Gasteiger partial charge in [-0.25, -0.2) is 0 Å². The summed E-state index contributed by atoms with van der Waals surface area (Å²) >= 11 is 0. The first-order valence-electron chi connectivity index (χ1n) is 6.53. The summed E-state index contributed by atoms with van der Waals surface area (Å²) in [6, 6.07) is 0. The van der Waals surface area contributed by atoms with Gasteiger partial charge in [0.15, 0.2) is 5.82 Å². The SMILES string of the molecule is CC(C)CNc1cnnc(NCC2CCCO2)n1. The molecule has 1 aliphatic rings. The molecule has 2 heterocycles. The number of nitrogens with zero attached hydrogens (tertiary/aromatic N) is 3. The van der Waals surface area contributed by atoms with Crippen LogP contribution in [0.15, 0.2) is 6.20 Å². The van der Waals surface area contributed by atoms with Gasteiger partial charge in [-0.05, 0) is 18.8 Å². The Morgan fingerprint density at radius 3 is 3.06 bits per heavy atom. The maximum atomic E-state index is 5.53. The van der Waals surface area contributed by atoms with Crippen LogP contribution in [0.3, 0.4) is 0 Å². The summed E-state index contributed by atoms with van der Waals surface area (Å²) in [6.07, 6.45) is 4.16. The first kappa shape index (κ1) is 13.0. The van der Waals surface area contributed by atoms with Crippen LogP contribution in [-0.4, -0.2) is 41.0 Å². The molecule has 0 saturated carbocycles. The van der Waals surface area contributed by atoms with Gasteiger partial charge in [0.05, 0.1) is 12.3 Å². The largest absolute Gasteiger partial charge is 0.376 e. The van der Waals surface area contributed by atoms with Crippen LogP contribution in [0.4, 0.5) is 11.8 Å². The zero-order chi connectivity index (χ0) is 12.8. The number of ether oxygens (including phenoxy) is 1. The molecule has 1 aromatic heterocycles. The molecular weight excluding hydrogens is 230 g/mol. The van der Waals surface area contributed by atoms with Gasteiger partial charge in [0.2, 0.25) is 5.95 Å². The molecular formula is C12H21N5O. The first-order valence-corrected chi connectivity index (χ1v) is 6.53. The van der Waals surface area contributed by atoms with Crippen molar-refractivity contribution < 1.29 is 4.74 Å². The summed E-state index contributed by atoms with van der Waals surface area (Å²) in [5.41, 5.74) is 0. The average molecular weight is 251 g/mol. The highest BCUT2D eigenvalue weighted by Crippen LogP contribution is 2.12. The van der Waals surface area contributed by atoms with E-state index in [0.29, 0.717) is 11.9 Å². The lowest BCUT2D eigenvalue weighted by molar-refractivity contribution is 0.120. The molecule has 100 valence electrons. The van der Waals surface area contributed by atoms with Crippen LogP contribution in [0.1, 0.15) is 26.7 Å². The molecule has 1 unspecified atom stereocenters. The quantitative estimate of drug-likeness (QED) is 0.799. The third kappa shape index (κ3) is 4.10. The Morgan fingerprint density at radius 2 is 2.33 bits per heavy atom. The van der Waals surface area contributed by atoms with Crippen molar-refractivity contribution in [1.29, 1.82) is 0 Å². The summed E-state index contributed by atoms with van der Waals surface area (Å²) in [4.78, 5) is 4.35. The fourth-order valence-electron chi connectivity index (χ4n) is 1.78. The zero-order valence-electron chi connectivity index (χ0n) is 11.0. The monoisotopic (exact) mass is 251 g/mol. The van der Waals surface area contributed by atoms with Gasteiger partial charge in [0.25, 0.3) is 0 Å². The highest BCUT2D eigenvalue weighted by atomic mass is 16.5. The lowest BCUT2D eigenvalue weighted by atomic mass is 10.2. The van der Waals surface area contributed by atoms with E-state index in [0.717, 1.165) is 38.4 Å². The molecule has 1 aromatic rings. The van der Waals surface area contributed by atoms with E-state index in [9.17, 15) is 0 Å². The molecule has 0 bridgehead atoms. The molecule has 1 saturated heterocycles. The minimum absolute atomic E-state index is 0.279. The van der Waals surface area contributed by atoms with Crippen LogP contribution < -0.4 is 10.6 Å². The Labute approximate surface area is 108 Å². The van der Waals surface area contributed by atoms with E-state index < -0.39 is 0 Å². The van der Waals surface area contributed by atoms with Gasteiger partial charge >= 0.3 is 0 Å². The van der Waals surface area contributed by atoms with E-state index in [1.165, 1.54) is 0 Å². The number of nitrogens with one attached hydrogen (secondary N) is 2. The van der Waals surface area contributed by atoms with Crippen molar-refractivity contribution in [2.24, 2.45) is 5.92 Å². The Balaban J connectivity index is 1.82. The van der Waals surface area contributed by atoms with E-state index in [4.69, 9.17) is 4.74 Å². The average Bonchev–Trinajstić information content (AvgIpc) is 2.87. The van der Waals surface area contributed by atoms with Crippen molar-refractivity contribution in [3.63, 3.8) is 0 Å². The third-order valence-electron chi connectivity index (χ3n) is 2.76. The van der Waals surface area contributed by atoms with Crippen LogP contribution in [0.5, 0.6) is 0 Å². The summed E-state index contributed by atoms with van der Waals surface area (Å²) in [6.45, 7) is 6.79. The second-order valence-electron chi connectivity index (χ2n) is 4.96. The van der Waals surface area contributed by atoms with Gasteiger partial charge in [-0.3, -0.25) is 0 Å². The lowest BCUT2D eigenvalue weighted by Gasteiger charge is -2.11. The first-order chi connectivity index (χ1) is 8.74. The van der Waals surface area contributed by atoms with Crippen molar-refractivity contribution in [3.8, 4) is 0 Å². The van der Waals surface area contributed by atoms with E-state index in [-0.39, 0.29) is 6.10 Å². The molecule has 18 heavy (non-hydrogen) atoms. The van der Waals surface area contributed by atoms with Crippen molar-refractivity contribution in [3.05, 3.63) is 6.20 Å². The van der Waals surface area contributed by atoms with E-state index >= 15 is 0 Å². The second kappa shape index (κ2) is 6.49. The molecule has 2 rings (SSSR count). The van der Waals surface area contributed by atoms with Crippen LogP contribution in [0, 0.1) is 5.92 Å². The molecule has 0 aliphatic carbocycles. The fourth-order valence-corrected chi connectivity index (χ4v) is 1.78. The summed E-state index contributed by atoms with van der Waals surface area (Å²) in [7, 11) is 0. The third-order valence-corrected chi connectivity index (χ3v) is 2.76. The zero-order valence-corrected chi connectivity index (χ0v) is 11.0. The van der Waals surface area contributed by atoms with E-state index in [1.807, 2.05) is 0 Å². The molecule has 0 radical (unpaired) electrons. The minimum atomic E-state index is 0.279. The second-order valence-corrected chi connectivity index (χ2v) is 4.96. The molecule has 0 spiro atoms. The van der Waals surface area contributed by atoms with Crippen LogP contribution in [0.2, 0.25) is 0 Å². The maximum Gasteiger partial charge on any atom is 0.244 e. The highest BCUT2D eigenvalue weighted by Gasteiger charge is 2.15. The Kier molecular flexibility index (Phi) is 4.69. The molecule has 1 atom stereocenters. The van der Waals surface area contributed by atoms with Crippen molar-refractivity contribution in [2.45, 2.75) is 32.8 Å². The van der Waals surface area contributed by atoms with E-state index in [2.05, 4.69) is 39.7 Å². The lowest BCUT2D eigenvalue weighted by Crippen LogP contribution is -2.20. The Morgan fingerprint density at radius 1 is 1.44 bits per heavy atom. The van der Waals surface area contributed by atoms with Crippen molar-refractivity contribution in [1.82, 2.24) is 15.2 Å².